The van der Waals surface area contributed by atoms with Gasteiger partial charge in [0.05, 0.1) is 23.4 Å². The SMILES string of the molecule is COc1ccc2[nH]cc(C=C3C(=O)Nc4cccc(Cl)c43)c2c1. The summed E-state index contributed by atoms with van der Waals surface area (Å²) < 4.78 is 5.28. The molecule has 2 aromatic carbocycles. The van der Waals surface area contributed by atoms with E-state index in [1.165, 1.54) is 0 Å². The second kappa shape index (κ2) is 5.18. The van der Waals surface area contributed by atoms with Crippen LogP contribution in [0.1, 0.15) is 11.1 Å². The van der Waals surface area contributed by atoms with Crippen LogP contribution in [0, 0.1) is 0 Å². The van der Waals surface area contributed by atoms with E-state index >= 15 is 0 Å². The van der Waals surface area contributed by atoms with Gasteiger partial charge in [0.15, 0.2) is 0 Å². The Balaban J connectivity index is 1.90. The van der Waals surface area contributed by atoms with Crippen molar-refractivity contribution in [3.63, 3.8) is 0 Å². The topological polar surface area (TPSA) is 54.1 Å². The molecule has 1 aliphatic rings. The molecular formula is C18H13ClN2O2. The number of nitrogens with one attached hydrogen (secondary N) is 2. The van der Waals surface area contributed by atoms with Gasteiger partial charge in [0.2, 0.25) is 0 Å². The largest absolute Gasteiger partial charge is 0.497 e. The number of hydrogen-bond donors (Lipinski definition) is 2. The predicted octanol–water partition coefficient (Wildman–Crippen LogP) is 4.32. The van der Waals surface area contributed by atoms with Crippen molar-refractivity contribution in [1.29, 1.82) is 0 Å². The van der Waals surface area contributed by atoms with Crippen LogP contribution >= 0.6 is 11.6 Å². The smallest absolute Gasteiger partial charge is 0.256 e. The summed E-state index contributed by atoms with van der Waals surface area (Å²) in [5.41, 5.74) is 3.95. The third-order valence-corrected chi connectivity index (χ3v) is 4.31. The minimum atomic E-state index is -0.148. The molecule has 0 unspecified atom stereocenters. The number of carbonyl (C=O) groups excluding carboxylic acids is 1. The monoisotopic (exact) mass is 324 g/mol. The summed E-state index contributed by atoms with van der Waals surface area (Å²) >= 11 is 6.27. The van der Waals surface area contributed by atoms with Gasteiger partial charge in [0.1, 0.15) is 5.75 Å². The molecule has 0 aliphatic carbocycles. The first kappa shape index (κ1) is 13.9. The average Bonchev–Trinajstić information content (AvgIpc) is 3.09. The molecule has 3 aromatic rings. The summed E-state index contributed by atoms with van der Waals surface area (Å²) in [6.45, 7) is 0. The first-order valence-electron chi connectivity index (χ1n) is 7.14. The maximum absolute atomic E-state index is 12.3. The van der Waals surface area contributed by atoms with Crippen LogP contribution in [0.25, 0.3) is 22.6 Å². The van der Waals surface area contributed by atoms with E-state index in [4.69, 9.17) is 16.3 Å². The summed E-state index contributed by atoms with van der Waals surface area (Å²) in [7, 11) is 1.63. The van der Waals surface area contributed by atoms with E-state index in [2.05, 4.69) is 10.3 Å². The lowest BCUT2D eigenvalue weighted by molar-refractivity contribution is -0.110. The van der Waals surface area contributed by atoms with Gasteiger partial charge in [-0.2, -0.15) is 0 Å². The number of rotatable bonds is 2. The molecule has 0 spiro atoms. The molecule has 0 saturated heterocycles. The van der Waals surface area contributed by atoms with Crippen molar-refractivity contribution in [2.45, 2.75) is 0 Å². The Bertz CT molecular complexity index is 972. The molecule has 0 radical (unpaired) electrons. The third kappa shape index (κ3) is 2.19. The fraction of sp³-hybridized carbons (Fsp3) is 0.0556. The van der Waals surface area contributed by atoms with Gasteiger partial charge in [0.25, 0.3) is 5.91 Å². The van der Waals surface area contributed by atoms with Crippen LogP contribution in [0.2, 0.25) is 5.02 Å². The van der Waals surface area contributed by atoms with Crippen molar-refractivity contribution in [3.8, 4) is 5.75 Å². The van der Waals surface area contributed by atoms with E-state index in [0.717, 1.165) is 33.5 Å². The summed E-state index contributed by atoms with van der Waals surface area (Å²) in [6.07, 6.45) is 3.73. The molecular weight excluding hydrogens is 312 g/mol. The zero-order chi connectivity index (χ0) is 16.0. The van der Waals surface area contributed by atoms with E-state index in [9.17, 15) is 4.79 Å². The number of benzene rings is 2. The molecule has 2 heterocycles. The number of aromatic nitrogens is 1. The summed E-state index contributed by atoms with van der Waals surface area (Å²) in [5, 5.41) is 4.40. The number of fused-ring (bicyclic) bond motifs is 2. The van der Waals surface area contributed by atoms with E-state index in [0.29, 0.717) is 10.6 Å². The zero-order valence-corrected chi connectivity index (χ0v) is 13.1. The number of aromatic amines is 1. The number of anilines is 1. The van der Waals surface area contributed by atoms with Crippen molar-refractivity contribution in [2.75, 3.05) is 12.4 Å². The van der Waals surface area contributed by atoms with Gasteiger partial charge in [-0.3, -0.25) is 4.79 Å². The van der Waals surface area contributed by atoms with Crippen molar-refractivity contribution in [2.24, 2.45) is 0 Å². The Kier molecular flexibility index (Phi) is 3.13. The van der Waals surface area contributed by atoms with E-state index in [1.54, 1.807) is 13.2 Å². The summed E-state index contributed by atoms with van der Waals surface area (Å²) in [4.78, 5) is 15.5. The minimum Gasteiger partial charge on any atom is -0.497 e. The molecule has 2 N–H and O–H groups in total. The molecule has 0 fully saturated rings. The lowest BCUT2D eigenvalue weighted by Crippen LogP contribution is -2.03. The Labute approximate surface area is 137 Å². The Morgan fingerprint density at radius 3 is 2.91 bits per heavy atom. The molecule has 1 aliphatic heterocycles. The van der Waals surface area contributed by atoms with Crippen LogP contribution in [0.4, 0.5) is 5.69 Å². The lowest BCUT2D eigenvalue weighted by Gasteiger charge is -2.02. The van der Waals surface area contributed by atoms with Crippen molar-refractivity contribution in [3.05, 3.63) is 58.7 Å². The number of H-pyrrole nitrogens is 1. The van der Waals surface area contributed by atoms with Crippen LogP contribution in [-0.4, -0.2) is 18.0 Å². The number of ether oxygens (including phenoxy) is 1. The lowest BCUT2D eigenvalue weighted by atomic mass is 10.0. The van der Waals surface area contributed by atoms with E-state index in [1.807, 2.05) is 42.6 Å². The number of carbonyl (C=O) groups is 1. The van der Waals surface area contributed by atoms with Gasteiger partial charge in [-0.05, 0) is 36.4 Å². The maximum atomic E-state index is 12.3. The van der Waals surface area contributed by atoms with Gasteiger partial charge in [-0.25, -0.2) is 0 Å². The van der Waals surface area contributed by atoms with Crippen molar-refractivity contribution < 1.29 is 9.53 Å². The van der Waals surface area contributed by atoms with Gasteiger partial charge in [-0.1, -0.05) is 17.7 Å². The average molecular weight is 325 g/mol. The fourth-order valence-electron chi connectivity index (χ4n) is 2.87. The molecule has 5 heteroatoms. The molecule has 0 saturated carbocycles. The highest BCUT2D eigenvalue weighted by Gasteiger charge is 2.26. The molecule has 114 valence electrons. The fourth-order valence-corrected chi connectivity index (χ4v) is 3.14. The van der Waals surface area contributed by atoms with Crippen molar-refractivity contribution in [1.82, 2.24) is 4.98 Å². The molecule has 0 atom stereocenters. The summed E-state index contributed by atoms with van der Waals surface area (Å²) in [5.74, 6) is 0.622. The van der Waals surface area contributed by atoms with Crippen LogP contribution in [0.5, 0.6) is 5.75 Å². The molecule has 23 heavy (non-hydrogen) atoms. The van der Waals surface area contributed by atoms with Gasteiger partial charge >= 0.3 is 0 Å². The second-order valence-electron chi connectivity index (χ2n) is 5.33. The first-order valence-corrected chi connectivity index (χ1v) is 7.52. The number of amides is 1. The Morgan fingerprint density at radius 1 is 1.22 bits per heavy atom. The molecule has 4 nitrogen and oxygen atoms in total. The quantitative estimate of drug-likeness (QED) is 0.690. The highest BCUT2D eigenvalue weighted by molar-refractivity contribution is 6.41. The van der Waals surface area contributed by atoms with Crippen LogP contribution < -0.4 is 10.1 Å². The second-order valence-corrected chi connectivity index (χ2v) is 5.74. The molecule has 4 rings (SSSR count). The predicted molar refractivity (Wildman–Crippen MR) is 92.8 cm³/mol. The Morgan fingerprint density at radius 2 is 2.09 bits per heavy atom. The number of methoxy groups -OCH3 is 1. The van der Waals surface area contributed by atoms with Crippen molar-refractivity contribution >= 4 is 45.7 Å². The number of hydrogen-bond acceptors (Lipinski definition) is 2. The van der Waals surface area contributed by atoms with Crippen LogP contribution in [0.15, 0.2) is 42.6 Å². The Hall–Kier alpha value is -2.72. The van der Waals surface area contributed by atoms with Gasteiger partial charge in [0, 0.05) is 28.2 Å². The first-order chi connectivity index (χ1) is 11.2. The highest BCUT2D eigenvalue weighted by atomic mass is 35.5. The standard InChI is InChI=1S/C18H13ClN2O2/c1-23-11-5-6-15-12(8-11)10(9-20-15)7-13-17-14(19)3-2-4-16(17)21-18(13)22/h2-9,20H,1H3,(H,21,22). The highest BCUT2D eigenvalue weighted by Crippen LogP contribution is 2.38. The molecule has 1 aromatic heterocycles. The maximum Gasteiger partial charge on any atom is 0.256 e. The van der Waals surface area contributed by atoms with Gasteiger partial charge in [-0.15, -0.1) is 0 Å². The third-order valence-electron chi connectivity index (χ3n) is 4.00. The minimum absolute atomic E-state index is 0.148. The molecule has 0 bridgehead atoms. The van der Waals surface area contributed by atoms with Crippen LogP contribution in [-0.2, 0) is 4.79 Å². The molecule has 1 amide bonds. The summed E-state index contributed by atoms with van der Waals surface area (Å²) in [6, 6.07) is 11.2. The van der Waals surface area contributed by atoms with E-state index in [-0.39, 0.29) is 5.91 Å². The van der Waals surface area contributed by atoms with Gasteiger partial charge < -0.3 is 15.0 Å². The zero-order valence-electron chi connectivity index (χ0n) is 12.3. The van der Waals surface area contributed by atoms with E-state index < -0.39 is 0 Å². The van der Waals surface area contributed by atoms with Crippen LogP contribution in [0.3, 0.4) is 0 Å². The number of halogens is 1. The normalized spacial score (nSPS) is 15.0.